The monoisotopic (exact) mass is 216 g/mol. The van der Waals surface area contributed by atoms with Gasteiger partial charge >= 0.3 is 0 Å². The molecule has 0 aliphatic rings. The fourth-order valence-corrected chi connectivity index (χ4v) is 1.53. The van der Waals surface area contributed by atoms with Crippen LogP contribution in [-0.2, 0) is 0 Å². The Labute approximate surface area is 92.6 Å². The standard InChI is InChI=1S/C10H12N6/c1-6-5-7(2)16(15-6)10-8(9(11)12)3-4-13-14-10/h3-5H,1-2H3,(H3,11,12). The first-order valence-corrected chi connectivity index (χ1v) is 4.79. The third-order valence-electron chi connectivity index (χ3n) is 2.20. The molecule has 6 nitrogen and oxygen atoms in total. The summed E-state index contributed by atoms with van der Waals surface area (Å²) >= 11 is 0. The van der Waals surface area contributed by atoms with Crippen molar-refractivity contribution < 1.29 is 0 Å². The lowest BCUT2D eigenvalue weighted by molar-refractivity contribution is 0.779. The van der Waals surface area contributed by atoms with Gasteiger partial charge in [0.25, 0.3) is 0 Å². The molecule has 2 aromatic heterocycles. The minimum absolute atomic E-state index is 0.0440. The number of nitrogens with two attached hydrogens (primary N) is 1. The van der Waals surface area contributed by atoms with E-state index in [1.54, 1.807) is 10.7 Å². The molecule has 0 radical (unpaired) electrons. The van der Waals surface area contributed by atoms with Gasteiger partial charge in [-0.05, 0) is 26.0 Å². The van der Waals surface area contributed by atoms with Gasteiger partial charge in [0.2, 0.25) is 0 Å². The quantitative estimate of drug-likeness (QED) is 0.566. The van der Waals surface area contributed by atoms with Crippen LogP contribution in [0.3, 0.4) is 0 Å². The van der Waals surface area contributed by atoms with E-state index in [4.69, 9.17) is 11.1 Å². The largest absolute Gasteiger partial charge is 0.384 e. The van der Waals surface area contributed by atoms with Gasteiger partial charge in [0.1, 0.15) is 5.84 Å². The van der Waals surface area contributed by atoms with Crippen molar-refractivity contribution >= 4 is 5.84 Å². The van der Waals surface area contributed by atoms with Gasteiger partial charge in [-0.3, -0.25) is 5.41 Å². The van der Waals surface area contributed by atoms with E-state index in [1.807, 2.05) is 19.9 Å². The average Bonchev–Trinajstić information content (AvgIpc) is 2.57. The maximum atomic E-state index is 7.47. The molecule has 0 atom stereocenters. The summed E-state index contributed by atoms with van der Waals surface area (Å²) < 4.78 is 1.64. The summed E-state index contributed by atoms with van der Waals surface area (Å²) in [6.45, 7) is 3.81. The van der Waals surface area contributed by atoms with Gasteiger partial charge in [-0.1, -0.05) is 0 Å². The van der Waals surface area contributed by atoms with Crippen LogP contribution >= 0.6 is 0 Å². The number of hydrogen-bond donors (Lipinski definition) is 2. The van der Waals surface area contributed by atoms with Crippen molar-refractivity contribution in [3.8, 4) is 5.82 Å². The lowest BCUT2D eigenvalue weighted by Crippen LogP contribution is -2.17. The van der Waals surface area contributed by atoms with Crippen LogP contribution in [0.4, 0.5) is 0 Å². The molecule has 0 aromatic carbocycles. The molecule has 0 bridgehead atoms. The molecule has 2 heterocycles. The molecule has 0 saturated carbocycles. The van der Waals surface area contributed by atoms with Gasteiger partial charge in [0.15, 0.2) is 5.82 Å². The Morgan fingerprint density at radius 1 is 1.44 bits per heavy atom. The molecule has 6 heteroatoms. The molecule has 0 unspecified atom stereocenters. The minimum Gasteiger partial charge on any atom is -0.384 e. The van der Waals surface area contributed by atoms with Gasteiger partial charge in [-0.15, -0.1) is 5.10 Å². The van der Waals surface area contributed by atoms with Crippen LogP contribution in [-0.4, -0.2) is 25.8 Å². The topological polar surface area (TPSA) is 93.5 Å². The molecular weight excluding hydrogens is 204 g/mol. The molecule has 0 spiro atoms. The molecule has 0 aliphatic carbocycles. The molecule has 0 amide bonds. The summed E-state index contributed by atoms with van der Waals surface area (Å²) in [4.78, 5) is 0. The van der Waals surface area contributed by atoms with Crippen molar-refractivity contribution in [3.05, 3.63) is 35.3 Å². The fourth-order valence-electron chi connectivity index (χ4n) is 1.53. The highest BCUT2D eigenvalue weighted by atomic mass is 15.3. The Hall–Kier alpha value is -2.24. The summed E-state index contributed by atoms with van der Waals surface area (Å²) in [7, 11) is 0. The van der Waals surface area contributed by atoms with E-state index in [2.05, 4.69) is 15.3 Å². The summed E-state index contributed by atoms with van der Waals surface area (Å²) in [5.74, 6) is 0.443. The van der Waals surface area contributed by atoms with Crippen molar-refractivity contribution in [1.82, 2.24) is 20.0 Å². The number of rotatable bonds is 2. The van der Waals surface area contributed by atoms with E-state index < -0.39 is 0 Å². The van der Waals surface area contributed by atoms with Gasteiger partial charge in [-0.25, -0.2) is 4.68 Å². The SMILES string of the molecule is Cc1cc(C)n(-c2nnccc2C(=N)N)n1. The fraction of sp³-hybridized carbons (Fsp3) is 0.200. The van der Waals surface area contributed by atoms with Crippen LogP contribution in [0.5, 0.6) is 0 Å². The van der Waals surface area contributed by atoms with Crippen LogP contribution in [0, 0.1) is 19.3 Å². The first-order chi connectivity index (χ1) is 7.59. The number of nitrogens with zero attached hydrogens (tertiary/aromatic N) is 4. The normalized spacial score (nSPS) is 10.4. The van der Waals surface area contributed by atoms with E-state index in [1.165, 1.54) is 6.20 Å². The van der Waals surface area contributed by atoms with E-state index in [-0.39, 0.29) is 5.84 Å². The number of nitrogen functional groups attached to an aromatic ring is 1. The maximum absolute atomic E-state index is 7.47. The zero-order valence-corrected chi connectivity index (χ0v) is 9.10. The first-order valence-electron chi connectivity index (χ1n) is 4.79. The highest BCUT2D eigenvalue weighted by Gasteiger charge is 2.12. The van der Waals surface area contributed by atoms with Crippen LogP contribution in [0.2, 0.25) is 0 Å². The average molecular weight is 216 g/mol. The maximum Gasteiger partial charge on any atom is 0.186 e. The Morgan fingerprint density at radius 3 is 2.75 bits per heavy atom. The second-order valence-corrected chi connectivity index (χ2v) is 3.52. The number of nitrogens with one attached hydrogen (secondary N) is 1. The number of aromatic nitrogens is 4. The number of aryl methyl sites for hydroxylation is 2. The zero-order chi connectivity index (χ0) is 11.7. The van der Waals surface area contributed by atoms with Crippen LogP contribution in [0.1, 0.15) is 17.0 Å². The van der Waals surface area contributed by atoms with E-state index in [9.17, 15) is 0 Å². The van der Waals surface area contributed by atoms with Crippen molar-refractivity contribution in [1.29, 1.82) is 5.41 Å². The highest BCUT2D eigenvalue weighted by Crippen LogP contribution is 2.12. The lowest BCUT2D eigenvalue weighted by atomic mass is 10.2. The molecule has 3 N–H and O–H groups in total. The Bertz CT molecular complexity index is 542. The number of amidine groups is 1. The minimum atomic E-state index is -0.0440. The molecule has 82 valence electrons. The molecule has 2 rings (SSSR count). The predicted octanol–water partition coefficient (Wildman–Crippen LogP) is 0.563. The second kappa shape index (κ2) is 3.73. The van der Waals surface area contributed by atoms with E-state index >= 15 is 0 Å². The van der Waals surface area contributed by atoms with Crippen molar-refractivity contribution in [2.45, 2.75) is 13.8 Å². The van der Waals surface area contributed by atoms with Crippen molar-refractivity contribution in [2.24, 2.45) is 5.73 Å². The van der Waals surface area contributed by atoms with Crippen molar-refractivity contribution in [2.75, 3.05) is 0 Å². The van der Waals surface area contributed by atoms with Crippen LogP contribution < -0.4 is 5.73 Å². The summed E-state index contributed by atoms with van der Waals surface area (Å²) in [6.07, 6.45) is 1.51. The number of hydrogen-bond acceptors (Lipinski definition) is 4. The zero-order valence-electron chi connectivity index (χ0n) is 9.10. The molecule has 16 heavy (non-hydrogen) atoms. The van der Waals surface area contributed by atoms with E-state index in [0.29, 0.717) is 11.4 Å². The van der Waals surface area contributed by atoms with Crippen LogP contribution in [0.25, 0.3) is 5.82 Å². The van der Waals surface area contributed by atoms with Gasteiger partial charge in [0.05, 0.1) is 17.5 Å². The summed E-state index contributed by atoms with van der Waals surface area (Å²) in [6, 6.07) is 3.58. The molecule has 0 aliphatic heterocycles. The Kier molecular flexibility index (Phi) is 2.40. The predicted molar refractivity (Wildman–Crippen MR) is 59.6 cm³/mol. The van der Waals surface area contributed by atoms with Crippen molar-refractivity contribution in [3.63, 3.8) is 0 Å². The smallest absolute Gasteiger partial charge is 0.186 e. The lowest BCUT2D eigenvalue weighted by Gasteiger charge is -2.06. The first kappa shape index (κ1) is 10.3. The van der Waals surface area contributed by atoms with E-state index in [0.717, 1.165) is 11.4 Å². The van der Waals surface area contributed by atoms with Crippen LogP contribution in [0.15, 0.2) is 18.3 Å². The summed E-state index contributed by atoms with van der Waals surface area (Å²) in [5, 5.41) is 19.5. The summed E-state index contributed by atoms with van der Waals surface area (Å²) in [5.41, 5.74) is 7.83. The third kappa shape index (κ3) is 1.65. The Balaban J connectivity index is 2.64. The molecular formula is C10H12N6. The third-order valence-corrected chi connectivity index (χ3v) is 2.20. The molecule has 0 fully saturated rings. The molecule has 2 aromatic rings. The Morgan fingerprint density at radius 2 is 2.19 bits per heavy atom. The molecule has 0 saturated heterocycles. The van der Waals surface area contributed by atoms with Gasteiger partial charge < -0.3 is 5.73 Å². The second-order valence-electron chi connectivity index (χ2n) is 3.52. The highest BCUT2D eigenvalue weighted by molar-refractivity contribution is 5.97. The van der Waals surface area contributed by atoms with Gasteiger partial charge in [0, 0.05) is 5.69 Å². The van der Waals surface area contributed by atoms with Gasteiger partial charge in [-0.2, -0.15) is 10.2 Å².